The predicted molar refractivity (Wildman–Crippen MR) is 127 cm³/mol. The van der Waals surface area contributed by atoms with Crippen LogP contribution in [0.2, 0.25) is 0 Å². The van der Waals surface area contributed by atoms with Crippen LogP contribution in [0.25, 0.3) is 5.57 Å². The molecular formula is C26H29BrFNO2. The van der Waals surface area contributed by atoms with Gasteiger partial charge in [0.25, 0.3) is 5.91 Å². The Kier molecular flexibility index (Phi) is 5.99. The number of anilines is 1. The maximum absolute atomic E-state index is 13.9. The Balaban J connectivity index is 1.70. The lowest BCUT2D eigenvalue weighted by Gasteiger charge is -2.37. The molecule has 1 amide bonds. The summed E-state index contributed by atoms with van der Waals surface area (Å²) < 4.78 is 20.9. The van der Waals surface area contributed by atoms with Crippen molar-refractivity contribution in [2.45, 2.75) is 59.0 Å². The lowest BCUT2D eigenvalue weighted by molar-refractivity contribution is 0.102. The van der Waals surface area contributed by atoms with Gasteiger partial charge >= 0.3 is 0 Å². The minimum absolute atomic E-state index is 0.270. The molecule has 2 atom stereocenters. The Bertz CT molecular complexity index is 1060. The molecule has 1 N–H and O–H groups in total. The Hall–Kier alpha value is -2.14. The van der Waals surface area contributed by atoms with Crippen molar-refractivity contribution in [3.8, 4) is 5.75 Å². The molecule has 2 aliphatic rings. The minimum atomic E-state index is -0.408. The highest BCUT2D eigenvalue weighted by atomic mass is 79.9. The average Bonchev–Trinajstić information content (AvgIpc) is 2.70. The fraction of sp³-hybridized carbons (Fsp3) is 0.423. The van der Waals surface area contributed by atoms with E-state index in [2.05, 4.69) is 48.1 Å². The predicted octanol–water partition coefficient (Wildman–Crippen LogP) is 7.53. The van der Waals surface area contributed by atoms with Crippen LogP contribution >= 0.6 is 15.9 Å². The van der Waals surface area contributed by atoms with Crippen molar-refractivity contribution in [2.75, 3.05) is 5.32 Å². The SMILES string of the molecule is Cc1ccc(NC(=O)c2cc(Br)c3c(c2)C(C2CCCC(C)C2)=CC(C)(C)O3)cc1F. The van der Waals surface area contributed by atoms with Crippen molar-refractivity contribution >= 4 is 33.1 Å². The Labute approximate surface area is 192 Å². The third kappa shape index (κ3) is 4.72. The highest BCUT2D eigenvalue weighted by Crippen LogP contribution is 2.48. The van der Waals surface area contributed by atoms with Gasteiger partial charge in [-0.15, -0.1) is 0 Å². The third-order valence-corrected chi connectivity index (χ3v) is 6.88. The maximum Gasteiger partial charge on any atom is 0.255 e. The number of carbonyl (C=O) groups is 1. The number of fused-ring (bicyclic) bond motifs is 1. The van der Waals surface area contributed by atoms with Crippen LogP contribution in [0.3, 0.4) is 0 Å². The summed E-state index contributed by atoms with van der Waals surface area (Å²) in [6.07, 6.45) is 7.03. The molecule has 1 aliphatic heterocycles. The summed E-state index contributed by atoms with van der Waals surface area (Å²) in [5, 5.41) is 2.82. The number of aryl methyl sites for hydroxylation is 1. The normalized spacial score (nSPS) is 22.2. The van der Waals surface area contributed by atoms with Crippen LogP contribution in [0.15, 0.2) is 40.9 Å². The Morgan fingerprint density at radius 2 is 2.00 bits per heavy atom. The van der Waals surface area contributed by atoms with Crippen LogP contribution in [-0.4, -0.2) is 11.5 Å². The molecule has 0 aromatic heterocycles. The van der Waals surface area contributed by atoms with Crippen molar-refractivity contribution in [1.82, 2.24) is 0 Å². The fourth-order valence-electron chi connectivity index (χ4n) is 4.72. The first-order valence-electron chi connectivity index (χ1n) is 11.0. The molecule has 2 unspecified atom stereocenters. The van der Waals surface area contributed by atoms with Gasteiger partial charge in [-0.25, -0.2) is 4.39 Å². The van der Waals surface area contributed by atoms with Gasteiger partial charge in [0, 0.05) is 16.8 Å². The van der Waals surface area contributed by atoms with Gasteiger partial charge in [-0.3, -0.25) is 4.79 Å². The largest absolute Gasteiger partial charge is 0.482 e. The summed E-state index contributed by atoms with van der Waals surface area (Å²) in [6.45, 7) is 8.16. The van der Waals surface area contributed by atoms with Crippen LogP contribution in [0.5, 0.6) is 5.75 Å². The summed E-state index contributed by atoms with van der Waals surface area (Å²) in [5.41, 5.74) is 3.35. The number of rotatable bonds is 3. The van der Waals surface area contributed by atoms with E-state index in [1.165, 1.54) is 24.5 Å². The zero-order chi connectivity index (χ0) is 22.3. The van der Waals surface area contributed by atoms with Crippen LogP contribution in [-0.2, 0) is 0 Å². The standard InChI is InChI=1S/C26H29BrFNO2/c1-15-6-5-7-17(10-15)21-14-26(3,4)31-24-20(21)11-18(12-22(24)27)25(30)29-19-9-8-16(2)23(28)13-19/h8-9,11-15,17H,5-7,10H2,1-4H3,(H,29,30). The first-order valence-corrected chi connectivity index (χ1v) is 11.8. The Morgan fingerprint density at radius 3 is 2.71 bits per heavy atom. The average molecular weight is 486 g/mol. The van der Waals surface area contributed by atoms with Crippen molar-refractivity contribution < 1.29 is 13.9 Å². The summed E-state index contributed by atoms with van der Waals surface area (Å²) in [5.74, 6) is 1.34. The van der Waals surface area contributed by atoms with E-state index < -0.39 is 5.60 Å². The van der Waals surface area contributed by atoms with Gasteiger partial charge in [0.05, 0.1) is 4.47 Å². The molecule has 0 spiro atoms. The molecule has 1 heterocycles. The van der Waals surface area contributed by atoms with Gasteiger partial charge in [-0.1, -0.05) is 25.8 Å². The molecular weight excluding hydrogens is 457 g/mol. The molecule has 0 radical (unpaired) electrons. The van der Waals surface area contributed by atoms with E-state index in [-0.39, 0.29) is 11.7 Å². The van der Waals surface area contributed by atoms with Crippen LogP contribution < -0.4 is 10.1 Å². The van der Waals surface area contributed by atoms with Crippen molar-refractivity contribution in [3.63, 3.8) is 0 Å². The highest BCUT2D eigenvalue weighted by Gasteiger charge is 2.34. The van der Waals surface area contributed by atoms with Crippen molar-refractivity contribution in [3.05, 3.63) is 63.4 Å². The number of hydrogen-bond acceptors (Lipinski definition) is 2. The summed E-state index contributed by atoms with van der Waals surface area (Å²) in [4.78, 5) is 13.0. The first kappa shape index (κ1) is 22.1. The number of nitrogens with one attached hydrogen (secondary N) is 1. The van der Waals surface area contributed by atoms with Crippen molar-refractivity contribution in [2.24, 2.45) is 11.8 Å². The zero-order valence-electron chi connectivity index (χ0n) is 18.5. The molecule has 1 fully saturated rings. The summed E-state index contributed by atoms with van der Waals surface area (Å²) >= 11 is 3.63. The molecule has 0 bridgehead atoms. The first-order chi connectivity index (χ1) is 14.6. The Morgan fingerprint density at radius 1 is 1.23 bits per heavy atom. The number of carbonyl (C=O) groups excluding carboxylic acids is 1. The van der Waals surface area contributed by atoms with Crippen molar-refractivity contribution in [1.29, 1.82) is 0 Å². The van der Waals surface area contributed by atoms with E-state index >= 15 is 0 Å². The molecule has 2 aromatic carbocycles. The molecule has 31 heavy (non-hydrogen) atoms. The van der Waals surface area contributed by atoms with Crippen LogP contribution in [0.1, 0.15) is 67.9 Å². The highest BCUT2D eigenvalue weighted by molar-refractivity contribution is 9.10. The van der Waals surface area contributed by atoms with Crippen LogP contribution in [0, 0.1) is 24.6 Å². The second kappa shape index (κ2) is 8.42. The molecule has 164 valence electrons. The van der Waals surface area contributed by atoms with E-state index in [9.17, 15) is 9.18 Å². The lowest BCUT2D eigenvalue weighted by atomic mass is 9.74. The van der Waals surface area contributed by atoms with Gasteiger partial charge in [-0.05, 0) is 103 Å². The number of amides is 1. The molecule has 0 saturated heterocycles. The van der Waals surface area contributed by atoms with Gasteiger partial charge in [0.15, 0.2) is 0 Å². The number of hydrogen-bond donors (Lipinski definition) is 1. The second-order valence-corrected chi connectivity index (χ2v) is 10.4. The van der Waals surface area contributed by atoms with Gasteiger partial charge in [-0.2, -0.15) is 0 Å². The molecule has 1 aliphatic carbocycles. The van der Waals surface area contributed by atoms with Gasteiger partial charge < -0.3 is 10.1 Å². The van der Waals surface area contributed by atoms with E-state index in [1.807, 2.05) is 6.07 Å². The quantitative estimate of drug-likeness (QED) is 0.487. The monoisotopic (exact) mass is 485 g/mol. The third-order valence-electron chi connectivity index (χ3n) is 6.29. The van der Waals surface area contributed by atoms with Gasteiger partial charge in [0.1, 0.15) is 17.2 Å². The lowest BCUT2D eigenvalue weighted by Crippen LogP contribution is -2.31. The molecule has 4 rings (SSSR count). The second-order valence-electron chi connectivity index (χ2n) is 9.53. The van der Waals surface area contributed by atoms with E-state index in [0.717, 1.165) is 28.6 Å². The molecule has 1 saturated carbocycles. The topological polar surface area (TPSA) is 38.3 Å². The van der Waals surface area contributed by atoms with E-state index in [4.69, 9.17) is 4.74 Å². The van der Waals surface area contributed by atoms with E-state index in [1.54, 1.807) is 25.1 Å². The molecule has 5 heteroatoms. The zero-order valence-corrected chi connectivity index (χ0v) is 20.1. The van der Waals surface area contributed by atoms with E-state index in [0.29, 0.717) is 28.7 Å². The van der Waals surface area contributed by atoms with Crippen LogP contribution in [0.4, 0.5) is 10.1 Å². The molecule has 3 nitrogen and oxygen atoms in total. The van der Waals surface area contributed by atoms with Gasteiger partial charge in [0.2, 0.25) is 0 Å². The number of allylic oxidation sites excluding steroid dienone is 1. The minimum Gasteiger partial charge on any atom is -0.482 e. The number of ether oxygens (including phenoxy) is 1. The smallest absolute Gasteiger partial charge is 0.255 e. The number of halogens is 2. The summed E-state index contributed by atoms with van der Waals surface area (Å²) in [7, 11) is 0. The fourth-order valence-corrected chi connectivity index (χ4v) is 5.26. The number of benzene rings is 2. The maximum atomic E-state index is 13.9. The molecule has 2 aromatic rings. The summed E-state index contributed by atoms with van der Waals surface area (Å²) in [6, 6.07) is 8.42.